The maximum Gasteiger partial charge on any atom is 0.325 e. The molecule has 0 radical (unpaired) electrons. The number of hydrogen-bond acceptors (Lipinski definition) is 3. The summed E-state index contributed by atoms with van der Waals surface area (Å²) in [6, 6.07) is 6.09. The number of rotatable bonds is 4. The lowest BCUT2D eigenvalue weighted by Gasteiger charge is -2.20. The minimum atomic E-state index is -0.863. The Labute approximate surface area is 132 Å². The summed E-state index contributed by atoms with van der Waals surface area (Å²) in [6.07, 6.45) is 1.85. The number of imide groups is 1. The molecule has 1 heterocycles. The van der Waals surface area contributed by atoms with Gasteiger partial charge in [-0.3, -0.25) is 14.5 Å². The number of anilines is 1. The van der Waals surface area contributed by atoms with Crippen LogP contribution in [0.25, 0.3) is 0 Å². The molecule has 2 fully saturated rings. The number of amides is 4. The summed E-state index contributed by atoms with van der Waals surface area (Å²) < 4.78 is 0. The van der Waals surface area contributed by atoms with E-state index in [4.69, 9.17) is 11.6 Å². The van der Waals surface area contributed by atoms with Gasteiger partial charge in [-0.2, -0.15) is 0 Å². The van der Waals surface area contributed by atoms with E-state index in [1.807, 2.05) is 0 Å². The van der Waals surface area contributed by atoms with Gasteiger partial charge in [0.15, 0.2) is 0 Å². The van der Waals surface area contributed by atoms with Gasteiger partial charge < -0.3 is 10.6 Å². The zero-order chi connectivity index (χ0) is 15.9. The number of hydrogen-bond donors (Lipinski definition) is 2. The van der Waals surface area contributed by atoms with E-state index >= 15 is 0 Å². The first-order valence-corrected chi connectivity index (χ1v) is 7.47. The highest BCUT2D eigenvalue weighted by Gasteiger charge is 2.56. The molecule has 6 nitrogen and oxygen atoms in total. The van der Waals surface area contributed by atoms with E-state index in [1.54, 1.807) is 31.2 Å². The van der Waals surface area contributed by atoms with Gasteiger partial charge in [-0.05, 0) is 49.9 Å². The number of carbonyl (C=O) groups is 3. The van der Waals surface area contributed by atoms with Gasteiger partial charge in [-0.1, -0.05) is 11.6 Å². The van der Waals surface area contributed by atoms with Crippen molar-refractivity contribution >= 4 is 35.1 Å². The van der Waals surface area contributed by atoms with Crippen LogP contribution in [-0.2, 0) is 9.59 Å². The van der Waals surface area contributed by atoms with Crippen LogP contribution < -0.4 is 10.6 Å². The van der Waals surface area contributed by atoms with Gasteiger partial charge >= 0.3 is 6.03 Å². The highest BCUT2D eigenvalue weighted by molar-refractivity contribution is 6.30. The number of benzene rings is 1. The van der Waals surface area contributed by atoms with Crippen LogP contribution in [0.4, 0.5) is 10.5 Å². The quantitative estimate of drug-likeness (QED) is 0.833. The van der Waals surface area contributed by atoms with Crippen LogP contribution in [0.15, 0.2) is 24.3 Å². The van der Waals surface area contributed by atoms with Gasteiger partial charge in [0.1, 0.15) is 12.1 Å². The highest BCUT2D eigenvalue weighted by atomic mass is 35.5. The molecule has 0 unspecified atom stereocenters. The molecule has 7 heteroatoms. The topological polar surface area (TPSA) is 78.5 Å². The van der Waals surface area contributed by atoms with Gasteiger partial charge in [-0.15, -0.1) is 0 Å². The van der Waals surface area contributed by atoms with Crippen molar-refractivity contribution in [3.05, 3.63) is 29.3 Å². The molecule has 1 aromatic rings. The van der Waals surface area contributed by atoms with Gasteiger partial charge in [-0.25, -0.2) is 4.79 Å². The molecule has 1 atom stereocenters. The smallest absolute Gasteiger partial charge is 0.325 e. The van der Waals surface area contributed by atoms with E-state index in [0.717, 1.165) is 17.7 Å². The normalized spacial score (nSPS) is 24.4. The third-order valence-electron chi connectivity index (χ3n) is 4.12. The molecule has 1 saturated heterocycles. The lowest BCUT2D eigenvalue weighted by atomic mass is 9.96. The third-order valence-corrected chi connectivity index (χ3v) is 4.38. The molecular formula is C15H16ClN3O3. The van der Waals surface area contributed by atoms with Crippen molar-refractivity contribution in [2.75, 3.05) is 11.9 Å². The van der Waals surface area contributed by atoms with Crippen molar-refractivity contribution in [1.82, 2.24) is 10.2 Å². The van der Waals surface area contributed by atoms with Crippen molar-refractivity contribution in [2.24, 2.45) is 5.92 Å². The summed E-state index contributed by atoms with van der Waals surface area (Å²) in [7, 11) is 0. The first kappa shape index (κ1) is 14.8. The van der Waals surface area contributed by atoms with E-state index in [2.05, 4.69) is 10.6 Å². The molecule has 0 bridgehead atoms. The second-order valence-electron chi connectivity index (χ2n) is 5.85. The summed E-state index contributed by atoms with van der Waals surface area (Å²) >= 11 is 5.77. The Balaban J connectivity index is 1.65. The van der Waals surface area contributed by atoms with E-state index in [-0.39, 0.29) is 18.4 Å². The van der Waals surface area contributed by atoms with Gasteiger partial charge in [0.2, 0.25) is 5.91 Å². The average molecular weight is 322 g/mol. The van der Waals surface area contributed by atoms with E-state index in [1.165, 1.54) is 0 Å². The Morgan fingerprint density at radius 3 is 2.59 bits per heavy atom. The zero-order valence-electron chi connectivity index (χ0n) is 12.1. The highest BCUT2D eigenvalue weighted by Crippen LogP contribution is 2.42. The van der Waals surface area contributed by atoms with Crippen molar-refractivity contribution in [2.45, 2.75) is 25.3 Å². The van der Waals surface area contributed by atoms with Gasteiger partial charge in [0.05, 0.1) is 0 Å². The lowest BCUT2D eigenvalue weighted by Crippen LogP contribution is -2.46. The monoisotopic (exact) mass is 321 g/mol. The third kappa shape index (κ3) is 2.66. The minimum absolute atomic E-state index is 0.174. The number of carbonyl (C=O) groups excluding carboxylic acids is 3. The Morgan fingerprint density at radius 2 is 2.00 bits per heavy atom. The maximum atomic E-state index is 12.4. The summed E-state index contributed by atoms with van der Waals surface area (Å²) in [5, 5.41) is 5.91. The summed E-state index contributed by atoms with van der Waals surface area (Å²) in [4.78, 5) is 37.4. The molecule has 1 saturated carbocycles. The van der Waals surface area contributed by atoms with Crippen LogP contribution in [0, 0.1) is 5.92 Å². The van der Waals surface area contributed by atoms with Crippen LogP contribution in [0.3, 0.4) is 0 Å². The molecule has 4 amide bonds. The number of nitrogens with zero attached hydrogens (tertiary/aromatic N) is 1. The number of urea groups is 1. The maximum absolute atomic E-state index is 12.4. The molecule has 2 aliphatic rings. The number of halogens is 1. The van der Waals surface area contributed by atoms with Crippen molar-refractivity contribution in [1.29, 1.82) is 0 Å². The molecular weight excluding hydrogens is 306 g/mol. The second kappa shape index (κ2) is 5.28. The molecule has 1 aliphatic carbocycles. The largest absolute Gasteiger partial charge is 0.325 e. The van der Waals surface area contributed by atoms with Crippen molar-refractivity contribution in [3.8, 4) is 0 Å². The fourth-order valence-corrected chi connectivity index (χ4v) is 2.80. The van der Waals surface area contributed by atoms with Crippen LogP contribution >= 0.6 is 11.6 Å². The standard InChI is InChI=1S/C15H16ClN3O3/c1-15(9-2-3-9)13(21)19(14(22)18-15)8-12(20)17-11-6-4-10(16)5-7-11/h4-7,9H,2-3,8H2,1H3,(H,17,20)(H,18,22)/t15-/m0/s1. The first-order chi connectivity index (χ1) is 10.4. The molecule has 116 valence electrons. The molecule has 1 aromatic carbocycles. The Kier molecular flexibility index (Phi) is 3.56. The molecule has 0 aromatic heterocycles. The predicted octanol–water partition coefficient (Wildman–Crippen LogP) is 2.00. The lowest BCUT2D eigenvalue weighted by molar-refractivity contribution is -0.134. The molecule has 1 aliphatic heterocycles. The number of nitrogens with one attached hydrogen (secondary N) is 2. The zero-order valence-corrected chi connectivity index (χ0v) is 12.8. The summed E-state index contributed by atoms with van der Waals surface area (Å²) in [5.74, 6) is -0.578. The fraction of sp³-hybridized carbons (Fsp3) is 0.400. The summed E-state index contributed by atoms with van der Waals surface area (Å²) in [5.41, 5.74) is -0.302. The average Bonchev–Trinajstić information content (AvgIpc) is 3.28. The first-order valence-electron chi connectivity index (χ1n) is 7.09. The Hall–Kier alpha value is -2.08. The van der Waals surface area contributed by atoms with Gasteiger partial charge in [0, 0.05) is 10.7 Å². The van der Waals surface area contributed by atoms with Crippen LogP contribution in [0.1, 0.15) is 19.8 Å². The van der Waals surface area contributed by atoms with Crippen LogP contribution in [0.5, 0.6) is 0 Å². The Morgan fingerprint density at radius 1 is 1.36 bits per heavy atom. The fourth-order valence-electron chi connectivity index (χ4n) is 2.67. The predicted molar refractivity (Wildman–Crippen MR) is 81.5 cm³/mol. The van der Waals surface area contributed by atoms with E-state index < -0.39 is 17.5 Å². The Bertz CT molecular complexity index is 642. The van der Waals surface area contributed by atoms with Crippen molar-refractivity contribution < 1.29 is 14.4 Å². The van der Waals surface area contributed by atoms with Gasteiger partial charge in [0.25, 0.3) is 5.91 Å². The molecule has 3 rings (SSSR count). The summed E-state index contributed by atoms with van der Waals surface area (Å²) in [6.45, 7) is 1.43. The van der Waals surface area contributed by atoms with Crippen molar-refractivity contribution in [3.63, 3.8) is 0 Å². The second-order valence-corrected chi connectivity index (χ2v) is 6.29. The van der Waals surface area contributed by atoms with Crippen LogP contribution in [0.2, 0.25) is 5.02 Å². The molecule has 2 N–H and O–H groups in total. The SMILES string of the molecule is C[C@@]1(C2CC2)NC(=O)N(CC(=O)Nc2ccc(Cl)cc2)C1=O. The molecule has 0 spiro atoms. The van der Waals surface area contributed by atoms with Crippen LogP contribution in [-0.4, -0.2) is 34.8 Å². The van der Waals surface area contributed by atoms with E-state index in [9.17, 15) is 14.4 Å². The van der Waals surface area contributed by atoms with E-state index in [0.29, 0.717) is 10.7 Å². The minimum Gasteiger partial charge on any atom is -0.325 e. The molecule has 22 heavy (non-hydrogen) atoms.